The van der Waals surface area contributed by atoms with Gasteiger partial charge in [-0.05, 0) is 210 Å². The van der Waals surface area contributed by atoms with Gasteiger partial charge in [0.1, 0.15) is 46.0 Å². The fourth-order valence-electron chi connectivity index (χ4n) is 12.5. The molecule has 0 unspecified atom stereocenters. The first-order chi connectivity index (χ1) is 57.4. The number of hydrogen-bond donors (Lipinski definition) is 2. The molecule has 0 aliphatic heterocycles. The molecule has 0 bridgehead atoms. The van der Waals surface area contributed by atoms with Gasteiger partial charge in [-0.3, -0.25) is 9.59 Å². The van der Waals surface area contributed by atoms with Crippen LogP contribution in [0.25, 0.3) is 0 Å². The molecule has 2 amide bonds. The lowest BCUT2D eigenvalue weighted by Gasteiger charge is -2.17. The van der Waals surface area contributed by atoms with Gasteiger partial charge >= 0.3 is 47.8 Å². The Kier molecular flexibility index (Phi) is 45.5. The molecule has 634 valence electrons. The van der Waals surface area contributed by atoms with E-state index < -0.39 is 59.6 Å². The molecule has 118 heavy (non-hydrogen) atoms. The van der Waals surface area contributed by atoms with Gasteiger partial charge in [-0.25, -0.2) is 38.4 Å². The summed E-state index contributed by atoms with van der Waals surface area (Å²) in [5, 5.41) is 0. The van der Waals surface area contributed by atoms with Crippen molar-refractivity contribution >= 4 is 59.6 Å². The number of esters is 8. The van der Waals surface area contributed by atoms with Gasteiger partial charge in [0.15, 0.2) is 0 Å². The second kappa shape index (κ2) is 56.5. The molecule has 6 rings (SSSR count). The second-order valence-corrected chi connectivity index (χ2v) is 28.3. The topological polar surface area (TPSA) is 333 Å². The Hall–Kier alpha value is -11.8. The maximum Gasteiger partial charge on any atom is 0.343 e. The van der Waals surface area contributed by atoms with E-state index in [1.807, 2.05) is 0 Å². The number of amides is 2. The predicted octanol–water partition coefficient (Wildman–Crippen LogP) is 18.7. The van der Waals surface area contributed by atoms with Gasteiger partial charge in [-0.15, -0.1) is 0 Å². The summed E-state index contributed by atoms with van der Waals surface area (Å²) in [6.45, 7) is 16.9. The third kappa shape index (κ3) is 37.9. The Morgan fingerprint density at radius 1 is 0.246 bits per heavy atom. The minimum absolute atomic E-state index is 0.0488. The first kappa shape index (κ1) is 95.0. The van der Waals surface area contributed by atoms with Crippen LogP contribution in [0, 0.1) is 0 Å². The minimum Gasteiger partial charge on any atom is -0.494 e. The van der Waals surface area contributed by atoms with Gasteiger partial charge in [-0.1, -0.05) is 155 Å². The number of nitrogens with two attached hydrogens (primary N) is 2. The van der Waals surface area contributed by atoms with E-state index >= 15 is 0 Å². The first-order valence-corrected chi connectivity index (χ1v) is 41.3. The van der Waals surface area contributed by atoms with Crippen LogP contribution < -0.4 is 49.4 Å². The molecule has 0 aliphatic carbocycles. The zero-order chi connectivity index (χ0) is 84.8. The third-order valence-electron chi connectivity index (χ3n) is 19.0. The number of ether oxygens (including phenoxy) is 12. The summed E-state index contributed by atoms with van der Waals surface area (Å²) >= 11 is 0. The lowest BCUT2D eigenvalue weighted by Crippen LogP contribution is -2.19. The van der Waals surface area contributed by atoms with Crippen LogP contribution in [0.1, 0.15) is 266 Å². The molecule has 0 radical (unpaired) electrons. The smallest absolute Gasteiger partial charge is 0.343 e. The van der Waals surface area contributed by atoms with E-state index in [1.54, 1.807) is 72.8 Å². The molecule has 0 fully saturated rings. The number of unbranched alkanes of at least 4 members (excludes halogenated alkanes) is 25. The molecule has 6 aromatic carbocycles. The van der Waals surface area contributed by atoms with E-state index in [1.165, 1.54) is 48.5 Å². The fraction of sp³-hybridized carbons (Fsp3) is 0.426. The van der Waals surface area contributed by atoms with Gasteiger partial charge in [0.25, 0.3) is 11.8 Å². The molecule has 0 saturated heterocycles. The summed E-state index contributed by atoms with van der Waals surface area (Å²) in [5.41, 5.74) is 12.7. The summed E-state index contributed by atoms with van der Waals surface area (Å²) in [4.78, 5) is 129. The number of aryl methyl sites for hydroxylation is 2. The Morgan fingerprint density at radius 3 is 0.661 bits per heavy atom. The minimum atomic E-state index is -1.00. The Balaban J connectivity index is 1.18. The number of rotatable bonds is 63. The predicted molar refractivity (Wildman–Crippen MR) is 448 cm³/mol. The van der Waals surface area contributed by atoms with Crippen molar-refractivity contribution in [2.75, 3.05) is 52.9 Å². The van der Waals surface area contributed by atoms with Crippen LogP contribution in [0.4, 0.5) is 0 Å². The molecule has 0 spiro atoms. The Labute approximate surface area is 693 Å². The fourth-order valence-corrected chi connectivity index (χ4v) is 12.5. The van der Waals surface area contributed by atoms with Crippen molar-refractivity contribution < 1.29 is 105 Å². The third-order valence-corrected chi connectivity index (χ3v) is 19.0. The standard InChI is InChI=1S/C94H116N2O22/c1-5-83(97)111-61-35-25-17-9-13-21-31-57-107-75-49-41-69(42-50-75)91(103)115-79-65-73(87(81(67-79)89(95)101)117-93(105)71-45-53-77(54-46-71)109-59-33-23-15-11-19-27-37-63-113-85(99)7-3)39-29-30-40-74-66-80(116-92(104)70-43-51-76(52-44-70)108-58-32-22-14-10-18-26-36-62-112-84(98)6-2)68-82(90(96)102)88(74)118-94(106)72-47-55-78(56-48-72)110-60-34-24-16-12-20-28-38-64-114-86(100)8-4/h5-8,41-56,65-68H,1-4,9-40,57-64H2,(H2,95,101)(H2,96,102). The van der Waals surface area contributed by atoms with Gasteiger partial charge in [-0.2, -0.15) is 0 Å². The van der Waals surface area contributed by atoms with Crippen LogP contribution in [0.15, 0.2) is 172 Å². The number of carbonyl (C=O) groups excluding carboxylic acids is 10. The average molecular weight is 1630 g/mol. The Morgan fingerprint density at radius 2 is 0.449 bits per heavy atom. The van der Waals surface area contributed by atoms with Crippen LogP contribution in [0.5, 0.6) is 46.0 Å². The SMILES string of the molecule is C=CC(=O)OCCCCCCCCCOc1ccc(C(=O)Oc2cc(CCCCc3cc(OC(=O)c4ccc(OCCCCCCCCCOC(=O)C=C)cc4)cc(C(N)=O)c3OC(=O)c3ccc(OCCCCCCCCCOC(=O)C=C)cc3)c(OC(=O)c3ccc(OCCCCCCCCCOC(=O)C=C)cc3)c(C(N)=O)c2)cc1. The van der Waals surface area contributed by atoms with Gasteiger partial charge in [0.05, 0.1) is 86.2 Å². The van der Waals surface area contributed by atoms with E-state index in [4.69, 9.17) is 68.3 Å². The van der Waals surface area contributed by atoms with E-state index in [0.29, 0.717) is 75.9 Å². The van der Waals surface area contributed by atoms with E-state index in [0.717, 1.165) is 204 Å². The van der Waals surface area contributed by atoms with Crippen molar-refractivity contribution in [1.82, 2.24) is 0 Å². The van der Waals surface area contributed by atoms with Crippen LogP contribution in [-0.2, 0) is 51.0 Å². The molecule has 0 aliphatic rings. The van der Waals surface area contributed by atoms with Gasteiger partial charge < -0.3 is 68.3 Å². The molecular formula is C94H116N2O22. The molecule has 4 N–H and O–H groups in total. The van der Waals surface area contributed by atoms with Gasteiger partial charge in [0, 0.05) is 24.3 Å². The molecular weight excluding hydrogens is 1510 g/mol. The van der Waals surface area contributed by atoms with Crippen molar-refractivity contribution in [3.05, 3.63) is 216 Å². The highest BCUT2D eigenvalue weighted by Crippen LogP contribution is 2.36. The second-order valence-electron chi connectivity index (χ2n) is 28.3. The van der Waals surface area contributed by atoms with E-state index in [9.17, 15) is 47.9 Å². The summed E-state index contributed by atoms with van der Waals surface area (Å²) < 4.78 is 68.2. The number of primary amides is 2. The lowest BCUT2D eigenvalue weighted by atomic mass is 9.98. The largest absolute Gasteiger partial charge is 0.494 e. The van der Waals surface area contributed by atoms with Crippen LogP contribution in [0.3, 0.4) is 0 Å². The van der Waals surface area contributed by atoms with Crippen LogP contribution >= 0.6 is 0 Å². The highest BCUT2D eigenvalue weighted by Gasteiger charge is 2.26. The summed E-state index contributed by atoms with van der Waals surface area (Å²) in [6, 6.07) is 30.9. The highest BCUT2D eigenvalue weighted by molar-refractivity contribution is 6.01. The average Bonchev–Trinajstić information content (AvgIpc) is 0.803. The Bertz CT molecular complexity index is 3900. The summed E-state index contributed by atoms with van der Waals surface area (Å²) in [7, 11) is 0. The summed E-state index contributed by atoms with van der Waals surface area (Å²) in [5.74, 6) is -5.37. The number of benzene rings is 6. The zero-order valence-electron chi connectivity index (χ0n) is 68.1. The molecule has 0 saturated carbocycles. The quantitative estimate of drug-likeness (QED) is 0.0118. The number of carbonyl (C=O) groups is 10. The monoisotopic (exact) mass is 1620 g/mol. The molecule has 0 aromatic heterocycles. The van der Waals surface area contributed by atoms with Crippen molar-refractivity contribution in [3.8, 4) is 46.0 Å². The molecule has 0 heterocycles. The molecule has 6 aromatic rings. The van der Waals surface area contributed by atoms with E-state index in [2.05, 4.69) is 26.3 Å². The molecule has 24 nitrogen and oxygen atoms in total. The zero-order valence-corrected chi connectivity index (χ0v) is 68.1. The maximum absolute atomic E-state index is 14.2. The van der Waals surface area contributed by atoms with Crippen molar-refractivity contribution in [2.24, 2.45) is 11.5 Å². The highest BCUT2D eigenvalue weighted by atomic mass is 16.6. The lowest BCUT2D eigenvalue weighted by molar-refractivity contribution is -0.138. The van der Waals surface area contributed by atoms with Crippen LogP contribution in [-0.4, -0.2) is 112 Å². The number of hydrogen-bond acceptors (Lipinski definition) is 22. The first-order valence-electron chi connectivity index (χ1n) is 41.3. The van der Waals surface area contributed by atoms with Crippen molar-refractivity contribution in [2.45, 2.75) is 205 Å². The molecule has 24 heteroatoms. The van der Waals surface area contributed by atoms with Gasteiger partial charge in [0.2, 0.25) is 0 Å². The normalized spacial score (nSPS) is 10.7. The summed E-state index contributed by atoms with van der Waals surface area (Å²) in [6.07, 6.45) is 31.5. The maximum atomic E-state index is 14.2. The van der Waals surface area contributed by atoms with Crippen LogP contribution in [0.2, 0.25) is 0 Å². The van der Waals surface area contributed by atoms with Crippen molar-refractivity contribution in [3.63, 3.8) is 0 Å². The van der Waals surface area contributed by atoms with Crippen molar-refractivity contribution in [1.29, 1.82) is 0 Å². The van der Waals surface area contributed by atoms with E-state index in [-0.39, 0.29) is 93.2 Å². The molecule has 0 atom stereocenters.